The summed E-state index contributed by atoms with van der Waals surface area (Å²) in [6, 6.07) is 12.1. The molecule has 1 atom stereocenters. The number of thioether (sulfide) groups is 1. The van der Waals surface area contributed by atoms with Crippen LogP contribution >= 0.6 is 11.8 Å². The van der Waals surface area contributed by atoms with E-state index in [9.17, 15) is 9.59 Å². The Morgan fingerprint density at radius 1 is 1.17 bits per heavy atom. The molecule has 9 heteroatoms. The summed E-state index contributed by atoms with van der Waals surface area (Å²) in [6.45, 7) is 2.34. The fourth-order valence-electron chi connectivity index (χ4n) is 3.10. The molecule has 8 nitrogen and oxygen atoms in total. The van der Waals surface area contributed by atoms with Gasteiger partial charge in [0.1, 0.15) is 0 Å². The Hall–Kier alpha value is -3.20. The van der Waals surface area contributed by atoms with Crippen molar-refractivity contribution in [2.24, 2.45) is 10.8 Å². The lowest BCUT2D eigenvalue weighted by molar-refractivity contribution is 0.222. The molecule has 3 N–H and O–H groups in total. The Morgan fingerprint density at radius 2 is 1.87 bits per heavy atom. The summed E-state index contributed by atoms with van der Waals surface area (Å²) < 4.78 is 10.7. The van der Waals surface area contributed by atoms with Crippen molar-refractivity contribution in [3.05, 3.63) is 53.6 Å². The average molecular weight is 429 g/mol. The number of nitrogens with one attached hydrogen (secondary N) is 1. The molecule has 1 aliphatic rings. The van der Waals surface area contributed by atoms with Gasteiger partial charge >= 0.3 is 11.3 Å². The summed E-state index contributed by atoms with van der Waals surface area (Å²) in [6.07, 6.45) is 0.769. The molecule has 0 spiro atoms. The number of anilines is 1. The van der Waals surface area contributed by atoms with Gasteiger partial charge in [-0.25, -0.2) is 9.80 Å². The number of ether oxygens (including phenoxy) is 2. The normalized spacial score (nSPS) is 16.1. The second kappa shape index (κ2) is 9.53. The second-order valence-corrected chi connectivity index (χ2v) is 7.73. The molecule has 3 rings (SSSR count). The topological polar surface area (TPSA) is 106 Å². The molecule has 0 saturated carbocycles. The molecular weight excluding hydrogens is 404 g/mol. The fraction of sp³-hybridized carbons (Fsp3) is 0.286. The van der Waals surface area contributed by atoms with Crippen LogP contribution in [0.25, 0.3) is 0 Å². The number of carbonyl (C=O) groups excluding carboxylic acids is 2. The van der Waals surface area contributed by atoms with E-state index >= 15 is 0 Å². The van der Waals surface area contributed by atoms with Gasteiger partial charge in [-0.05, 0) is 42.3 Å². The summed E-state index contributed by atoms with van der Waals surface area (Å²) in [7, 11) is 3.17. The van der Waals surface area contributed by atoms with E-state index in [1.165, 1.54) is 16.8 Å². The lowest BCUT2D eigenvalue weighted by Gasteiger charge is -2.28. The van der Waals surface area contributed by atoms with Gasteiger partial charge in [-0.1, -0.05) is 30.8 Å². The third-order valence-electron chi connectivity index (χ3n) is 4.59. The first kappa shape index (κ1) is 21.5. The average Bonchev–Trinajstić information content (AvgIpc) is 2.75. The van der Waals surface area contributed by atoms with Crippen LogP contribution in [0.1, 0.15) is 24.5 Å². The number of hydrogen-bond acceptors (Lipinski definition) is 6. The first-order chi connectivity index (χ1) is 14.4. The van der Waals surface area contributed by atoms with Crippen molar-refractivity contribution in [1.29, 1.82) is 0 Å². The second-order valence-electron chi connectivity index (χ2n) is 6.58. The summed E-state index contributed by atoms with van der Waals surface area (Å²) in [5, 5.41) is 8.49. The van der Waals surface area contributed by atoms with Crippen LogP contribution in [0.15, 0.2) is 47.6 Å². The van der Waals surface area contributed by atoms with Gasteiger partial charge in [0.15, 0.2) is 11.5 Å². The SMILES string of the molecule is CCC1SC(=O)N(Cc2ccc(NC(N)=O)cc2)N=C1c1ccc(OC)c(OC)c1. The number of nitrogens with zero attached hydrogens (tertiary/aromatic N) is 2. The highest BCUT2D eigenvalue weighted by atomic mass is 32.2. The number of urea groups is 1. The molecule has 0 saturated heterocycles. The molecule has 3 amide bonds. The van der Waals surface area contributed by atoms with Gasteiger partial charge in [0, 0.05) is 11.3 Å². The highest BCUT2D eigenvalue weighted by molar-refractivity contribution is 8.14. The number of hydrogen-bond donors (Lipinski definition) is 2. The molecule has 1 unspecified atom stereocenters. The Labute approximate surface area is 179 Å². The van der Waals surface area contributed by atoms with Crippen LogP contribution in [-0.2, 0) is 6.54 Å². The third-order valence-corrected chi connectivity index (χ3v) is 5.84. The van der Waals surface area contributed by atoms with E-state index in [0.29, 0.717) is 23.7 Å². The summed E-state index contributed by atoms with van der Waals surface area (Å²) in [4.78, 5) is 23.6. The number of benzene rings is 2. The van der Waals surface area contributed by atoms with Crippen molar-refractivity contribution in [1.82, 2.24) is 5.01 Å². The fourth-order valence-corrected chi connectivity index (χ4v) is 4.03. The van der Waals surface area contributed by atoms with Crippen molar-refractivity contribution in [3.8, 4) is 11.5 Å². The predicted octanol–water partition coefficient (Wildman–Crippen LogP) is 4.05. The maximum Gasteiger partial charge on any atom is 0.316 e. The maximum atomic E-state index is 12.6. The van der Waals surface area contributed by atoms with E-state index in [2.05, 4.69) is 10.4 Å². The molecule has 0 radical (unpaired) electrons. The zero-order chi connectivity index (χ0) is 21.7. The van der Waals surface area contributed by atoms with Crippen LogP contribution in [-0.4, -0.2) is 41.5 Å². The highest BCUT2D eigenvalue weighted by Gasteiger charge is 2.30. The Morgan fingerprint density at radius 3 is 2.47 bits per heavy atom. The van der Waals surface area contributed by atoms with Crippen LogP contribution < -0.4 is 20.5 Å². The number of rotatable bonds is 7. The smallest absolute Gasteiger partial charge is 0.316 e. The zero-order valence-electron chi connectivity index (χ0n) is 17.0. The molecule has 30 heavy (non-hydrogen) atoms. The molecule has 0 aromatic heterocycles. The first-order valence-electron chi connectivity index (χ1n) is 9.39. The lowest BCUT2D eigenvalue weighted by Crippen LogP contribution is -2.34. The third kappa shape index (κ3) is 4.85. The van der Waals surface area contributed by atoms with Gasteiger partial charge < -0.3 is 20.5 Å². The van der Waals surface area contributed by atoms with Crippen molar-refractivity contribution in [3.63, 3.8) is 0 Å². The van der Waals surface area contributed by atoms with E-state index < -0.39 is 6.03 Å². The number of methoxy groups -OCH3 is 2. The molecule has 2 aromatic carbocycles. The quantitative estimate of drug-likeness (QED) is 0.692. The van der Waals surface area contributed by atoms with Gasteiger partial charge in [0.05, 0.1) is 31.7 Å². The van der Waals surface area contributed by atoms with E-state index in [-0.39, 0.29) is 10.5 Å². The van der Waals surface area contributed by atoms with Crippen LogP contribution in [0.4, 0.5) is 15.3 Å². The van der Waals surface area contributed by atoms with Crippen LogP contribution in [0.2, 0.25) is 0 Å². The van der Waals surface area contributed by atoms with Crippen LogP contribution in [0.5, 0.6) is 11.5 Å². The standard InChI is InChI=1S/C21H24N4O4S/c1-4-18-19(14-7-10-16(28-2)17(11-14)29-3)24-25(21(27)30-18)12-13-5-8-15(9-6-13)23-20(22)26/h5-11,18H,4,12H2,1-3H3,(H3,22,23,26). The zero-order valence-corrected chi connectivity index (χ0v) is 17.9. The van der Waals surface area contributed by atoms with E-state index in [1.54, 1.807) is 26.4 Å². The molecule has 1 aliphatic heterocycles. The summed E-state index contributed by atoms with van der Waals surface area (Å²) in [5.74, 6) is 1.24. The highest BCUT2D eigenvalue weighted by Crippen LogP contribution is 2.33. The monoisotopic (exact) mass is 428 g/mol. The van der Waals surface area contributed by atoms with Crippen LogP contribution in [0, 0.1) is 0 Å². The Balaban J connectivity index is 1.88. The van der Waals surface area contributed by atoms with E-state index in [4.69, 9.17) is 15.2 Å². The largest absolute Gasteiger partial charge is 0.493 e. The molecule has 0 aliphatic carbocycles. The number of hydrazone groups is 1. The molecule has 0 fully saturated rings. The van der Waals surface area contributed by atoms with Gasteiger partial charge in [-0.15, -0.1) is 0 Å². The maximum absolute atomic E-state index is 12.6. The number of amides is 3. The van der Waals surface area contributed by atoms with E-state index in [0.717, 1.165) is 23.3 Å². The summed E-state index contributed by atoms with van der Waals surface area (Å²) >= 11 is 1.26. The Bertz CT molecular complexity index is 962. The molecule has 2 aromatic rings. The van der Waals surface area contributed by atoms with Gasteiger partial charge in [-0.2, -0.15) is 5.10 Å². The summed E-state index contributed by atoms with van der Waals surface area (Å²) in [5.41, 5.74) is 8.29. The number of primary amides is 1. The predicted molar refractivity (Wildman–Crippen MR) is 118 cm³/mol. The lowest BCUT2D eigenvalue weighted by atomic mass is 10.0. The van der Waals surface area contributed by atoms with Crippen molar-refractivity contribution < 1.29 is 19.1 Å². The molecule has 158 valence electrons. The van der Waals surface area contributed by atoms with Crippen LogP contribution in [0.3, 0.4) is 0 Å². The minimum Gasteiger partial charge on any atom is -0.493 e. The Kier molecular flexibility index (Phi) is 6.83. The van der Waals surface area contributed by atoms with Gasteiger partial charge in [0.2, 0.25) is 0 Å². The molecule has 0 bridgehead atoms. The number of nitrogens with two attached hydrogens (primary N) is 1. The first-order valence-corrected chi connectivity index (χ1v) is 10.3. The van der Waals surface area contributed by atoms with Gasteiger partial charge in [0.25, 0.3) is 0 Å². The number of carbonyl (C=O) groups is 2. The minimum atomic E-state index is -0.625. The van der Waals surface area contributed by atoms with Gasteiger partial charge in [-0.3, -0.25) is 4.79 Å². The molecule has 1 heterocycles. The van der Waals surface area contributed by atoms with E-state index in [1.807, 2.05) is 37.3 Å². The molecular formula is C21H24N4O4S. The van der Waals surface area contributed by atoms with Crippen molar-refractivity contribution in [2.75, 3.05) is 19.5 Å². The minimum absolute atomic E-state index is 0.0472. The van der Waals surface area contributed by atoms with Crippen molar-refractivity contribution >= 4 is 34.4 Å². The van der Waals surface area contributed by atoms with Crippen molar-refractivity contribution in [2.45, 2.75) is 25.1 Å².